The van der Waals surface area contributed by atoms with Gasteiger partial charge in [-0.1, -0.05) is 38.3 Å². The van der Waals surface area contributed by atoms with E-state index in [9.17, 15) is 19.2 Å². The van der Waals surface area contributed by atoms with Crippen molar-refractivity contribution in [1.29, 1.82) is 0 Å². The van der Waals surface area contributed by atoms with Gasteiger partial charge >= 0.3 is 11.9 Å². The lowest BCUT2D eigenvalue weighted by molar-refractivity contribution is -0.121. The fourth-order valence-electron chi connectivity index (χ4n) is 4.41. The fraction of sp³-hybridized carbons (Fsp3) is 0.189. The van der Waals surface area contributed by atoms with Gasteiger partial charge in [-0.3, -0.25) is 9.59 Å². The highest BCUT2D eigenvalue weighted by Crippen LogP contribution is 2.25. The molecule has 4 aromatic rings. The van der Waals surface area contributed by atoms with Crippen LogP contribution in [-0.4, -0.2) is 50.4 Å². The number of hydrogen-bond acceptors (Lipinski definition) is 10. The van der Waals surface area contributed by atoms with Gasteiger partial charge in [0.15, 0.2) is 0 Å². The Morgan fingerprint density at radius 2 is 0.980 bits per heavy atom. The summed E-state index contributed by atoms with van der Waals surface area (Å²) in [6.45, 7) is 0. The Balaban J connectivity index is 1.17. The lowest BCUT2D eigenvalue weighted by Crippen LogP contribution is -2.18. The van der Waals surface area contributed by atoms with Crippen molar-refractivity contribution in [2.24, 2.45) is 10.2 Å². The number of amides is 2. The molecule has 0 radical (unpaired) electrons. The fourth-order valence-corrected chi connectivity index (χ4v) is 5.16. The highest BCUT2D eigenvalue weighted by Gasteiger charge is 2.14. The SMILES string of the molecule is COc1ccc(C(=O)Oc2ccc(Br)cc2/C=N/NC(=O)CCCCCC(=O)N/N=C/c2cc(Br)ccc2OC(=O)c2ccc(OC)cc2)cc1. The predicted octanol–water partition coefficient (Wildman–Crippen LogP) is 7.22. The number of hydrazone groups is 2. The molecule has 14 heteroatoms. The second-order valence-corrected chi connectivity index (χ2v) is 12.6. The van der Waals surface area contributed by atoms with Gasteiger partial charge in [-0.05, 0) is 97.8 Å². The molecule has 0 atom stereocenters. The van der Waals surface area contributed by atoms with E-state index in [1.165, 1.54) is 26.6 Å². The Hall–Kier alpha value is -5.34. The summed E-state index contributed by atoms with van der Waals surface area (Å²) in [5.74, 6) is 0.0605. The molecule has 0 saturated carbocycles. The first-order valence-electron chi connectivity index (χ1n) is 15.6. The number of unbranched alkanes of at least 4 members (excludes halogenated alkanes) is 2. The number of esters is 2. The van der Waals surface area contributed by atoms with Crippen LogP contribution in [0.25, 0.3) is 0 Å². The number of benzene rings is 4. The quantitative estimate of drug-likeness (QED) is 0.0395. The van der Waals surface area contributed by atoms with Crippen molar-refractivity contribution in [2.45, 2.75) is 32.1 Å². The summed E-state index contributed by atoms with van der Waals surface area (Å²) in [5.41, 5.74) is 6.60. The average molecular weight is 823 g/mol. The summed E-state index contributed by atoms with van der Waals surface area (Å²) in [7, 11) is 3.08. The van der Waals surface area contributed by atoms with Crippen LogP contribution in [-0.2, 0) is 9.59 Å². The molecule has 2 N–H and O–H groups in total. The maximum atomic E-state index is 12.6. The number of carbonyl (C=O) groups excluding carboxylic acids is 4. The molecule has 4 aromatic carbocycles. The topological polar surface area (TPSA) is 154 Å². The minimum atomic E-state index is -0.554. The van der Waals surface area contributed by atoms with E-state index in [1.54, 1.807) is 84.9 Å². The molecule has 0 unspecified atom stereocenters. The smallest absolute Gasteiger partial charge is 0.343 e. The van der Waals surface area contributed by atoms with Crippen molar-refractivity contribution in [2.75, 3.05) is 14.2 Å². The van der Waals surface area contributed by atoms with E-state index >= 15 is 0 Å². The van der Waals surface area contributed by atoms with E-state index in [4.69, 9.17) is 18.9 Å². The molecule has 0 fully saturated rings. The second-order valence-electron chi connectivity index (χ2n) is 10.7. The number of rotatable bonds is 16. The Labute approximate surface area is 311 Å². The number of nitrogens with zero attached hydrogens (tertiary/aromatic N) is 2. The van der Waals surface area contributed by atoms with Crippen molar-refractivity contribution < 1.29 is 38.1 Å². The normalized spacial score (nSPS) is 10.9. The molecule has 0 spiro atoms. The Kier molecular flexibility index (Phi) is 14.9. The largest absolute Gasteiger partial charge is 0.497 e. The van der Waals surface area contributed by atoms with Gasteiger partial charge in [0.1, 0.15) is 23.0 Å². The van der Waals surface area contributed by atoms with Crippen LogP contribution >= 0.6 is 31.9 Å². The monoisotopic (exact) mass is 820 g/mol. The van der Waals surface area contributed by atoms with Crippen molar-refractivity contribution in [3.8, 4) is 23.0 Å². The van der Waals surface area contributed by atoms with Crippen molar-refractivity contribution in [3.63, 3.8) is 0 Å². The van der Waals surface area contributed by atoms with Crippen molar-refractivity contribution in [1.82, 2.24) is 10.9 Å². The van der Waals surface area contributed by atoms with E-state index in [2.05, 4.69) is 52.9 Å². The van der Waals surface area contributed by atoms with E-state index in [0.717, 1.165) is 8.95 Å². The van der Waals surface area contributed by atoms with Gasteiger partial charge in [0, 0.05) is 32.9 Å². The van der Waals surface area contributed by atoms with Crippen molar-refractivity contribution >= 4 is 68.0 Å². The van der Waals surface area contributed by atoms with Crippen LogP contribution in [0, 0.1) is 0 Å². The molecule has 0 aliphatic heterocycles. The van der Waals surface area contributed by atoms with Gasteiger partial charge in [0.2, 0.25) is 11.8 Å². The van der Waals surface area contributed by atoms with E-state index in [0.29, 0.717) is 53.0 Å². The van der Waals surface area contributed by atoms with Gasteiger partial charge in [-0.25, -0.2) is 20.4 Å². The minimum absolute atomic E-state index is 0.204. The summed E-state index contributed by atoms with van der Waals surface area (Å²) < 4.78 is 22.8. The Bertz CT molecular complexity index is 1760. The van der Waals surface area contributed by atoms with Crippen molar-refractivity contribution in [3.05, 3.63) is 116 Å². The van der Waals surface area contributed by atoms with Crippen LogP contribution in [0.2, 0.25) is 0 Å². The highest BCUT2D eigenvalue weighted by molar-refractivity contribution is 9.10. The van der Waals surface area contributed by atoms with Crippen LogP contribution < -0.4 is 29.8 Å². The predicted molar refractivity (Wildman–Crippen MR) is 199 cm³/mol. The maximum absolute atomic E-state index is 12.6. The second kappa shape index (κ2) is 19.7. The number of methoxy groups -OCH3 is 2. The first-order valence-corrected chi connectivity index (χ1v) is 17.2. The molecule has 0 saturated heterocycles. The van der Waals surface area contributed by atoms with E-state index in [-0.39, 0.29) is 36.2 Å². The molecule has 4 rings (SSSR count). The lowest BCUT2D eigenvalue weighted by Gasteiger charge is -2.09. The van der Waals surface area contributed by atoms with Crippen LogP contribution in [0.5, 0.6) is 23.0 Å². The van der Waals surface area contributed by atoms with E-state index < -0.39 is 11.9 Å². The zero-order valence-electron chi connectivity index (χ0n) is 27.7. The molecule has 0 aliphatic rings. The number of carbonyl (C=O) groups is 4. The van der Waals surface area contributed by atoms with Gasteiger partial charge < -0.3 is 18.9 Å². The molecular weight excluding hydrogens is 788 g/mol. The summed E-state index contributed by atoms with van der Waals surface area (Å²) in [5, 5.41) is 8.03. The van der Waals surface area contributed by atoms with Gasteiger partial charge in [0.05, 0.1) is 37.8 Å². The Morgan fingerprint density at radius 1 is 0.588 bits per heavy atom. The standard InChI is InChI=1S/C37H34Br2N4O8/c1-48-30-14-8-24(9-15-30)36(46)50-32-18-12-28(38)20-26(32)22-40-42-34(44)6-4-3-5-7-35(45)43-41-23-27-21-29(39)13-19-33(27)51-37(47)25-10-16-31(49-2)17-11-25/h8-23H,3-7H2,1-2H3,(H,42,44)(H,43,45)/b40-22+,41-23+. The first kappa shape index (κ1) is 38.5. The summed E-state index contributed by atoms with van der Waals surface area (Å²) in [4.78, 5) is 49.9. The first-order chi connectivity index (χ1) is 24.6. The minimum Gasteiger partial charge on any atom is -0.497 e. The number of ether oxygens (including phenoxy) is 4. The molecule has 264 valence electrons. The zero-order valence-corrected chi connectivity index (χ0v) is 30.9. The molecule has 51 heavy (non-hydrogen) atoms. The summed E-state index contributed by atoms with van der Waals surface area (Å²) in [6.07, 6.45) is 4.91. The molecule has 0 aromatic heterocycles. The molecule has 12 nitrogen and oxygen atoms in total. The Morgan fingerprint density at radius 3 is 1.35 bits per heavy atom. The summed E-state index contributed by atoms with van der Waals surface area (Å²) in [6, 6.07) is 23.1. The highest BCUT2D eigenvalue weighted by atomic mass is 79.9. The molecular formula is C37H34Br2N4O8. The van der Waals surface area contributed by atoms with Gasteiger partial charge in [0.25, 0.3) is 0 Å². The third-order valence-corrected chi connectivity index (χ3v) is 8.08. The summed E-state index contributed by atoms with van der Waals surface area (Å²) >= 11 is 6.78. The molecule has 0 heterocycles. The average Bonchev–Trinajstić information content (AvgIpc) is 3.13. The molecule has 0 bridgehead atoms. The number of nitrogens with one attached hydrogen (secondary N) is 2. The molecule has 2 amide bonds. The molecule has 0 aliphatic carbocycles. The van der Waals surface area contributed by atoms with E-state index in [1.807, 2.05) is 0 Å². The maximum Gasteiger partial charge on any atom is 0.343 e. The van der Waals surface area contributed by atoms with Crippen LogP contribution in [0.4, 0.5) is 0 Å². The van der Waals surface area contributed by atoms with Crippen LogP contribution in [0.3, 0.4) is 0 Å². The van der Waals surface area contributed by atoms with Gasteiger partial charge in [-0.2, -0.15) is 10.2 Å². The van der Waals surface area contributed by atoms with Crippen LogP contribution in [0.1, 0.15) is 63.9 Å². The third-order valence-electron chi connectivity index (χ3n) is 7.09. The number of halogens is 2. The van der Waals surface area contributed by atoms with Gasteiger partial charge in [-0.15, -0.1) is 0 Å². The third kappa shape index (κ3) is 12.5. The number of hydrogen-bond donors (Lipinski definition) is 2. The zero-order chi connectivity index (χ0) is 36.6. The lowest BCUT2D eigenvalue weighted by atomic mass is 10.1. The van der Waals surface area contributed by atoms with Crippen LogP contribution in [0.15, 0.2) is 104 Å².